The van der Waals surface area contributed by atoms with Crippen LogP contribution >= 0.6 is 0 Å². The molecule has 0 spiro atoms. The van der Waals surface area contributed by atoms with Crippen LogP contribution in [-0.2, 0) is 10.2 Å². The normalized spacial score (nSPS) is 25.1. The van der Waals surface area contributed by atoms with E-state index in [0.717, 1.165) is 31.6 Å². The zero-order valence-corrected chi connectivity index (χ0v) is 9.62. The number of hydrogen-bond acceptors (Lipinski definition) is 2. The molecular weight excluding hydrogens is 200 g/mol. The maximum absolute atomic E-state index is 10.6. The first-order valence-electron chi connectivity index (χ1n) is 5.77. The van der Waals surface area contributed by atoms with Crippen LogP contribution in [0.3, 0.4) is 0 Å². The minimum atomic E-state index is 0.130. The van der Waals surface area contributed by atoms with E-state index in [0.29, 0.717) is 0 Å². The van der Waals surface area contributed by atoms with Gasteiger partial charge in [-0.3, -0.25) is 4.79 Å². The monoisotopic (exact) mass is 218 g/mol. The van der Waals surface area contributed by atoms with E-state index in [1.54, 1.807) is 0 Å². The molecule has 86 valence electrons. The maximum Gasteiger partial charge on any atom is 0.211 e. The summed E-state index contributed by atoms with van der Waals surface area (Å²) < 4.78 is 0. The summed E-state index contributed by atoms with van der Waals surface area (Å²) in [6, 6.07) is 8.06. The molecule has 1 heterocycles. The van der Waals surface area contributed by atoms with Gasteiger partial charge in [-0.25, -0.2) is 0 Å². The molecule has 3 nitrogen and oxygen atoms in total. The molecule has 1 aromatic rings. The van der Waals surface area contributed by atoms with Gasteiger partial charge in [0.1, 0.15) is 0 Å². The highest BCUT2D eigenvalue weighted by molar-refractivity contribution is 5.74. The largest absolute Gasteiger partial charge is 0.328 e. The molecule has 2 rings (SSSR count). The Hall–Kier alpha value is -1.35. The SMILES string of the molecule is CC1(c2ccccc2NC=O)CCCNC1. The number of carbonyl (C=O) groups is 1. The first kappa shape index (κ1) is 11.1. The van der Waals surface area contributed by atoms with E-state index >= 15 is 0 Å². The summed E-state index contributed by atoms with van der Waals surface area (Å²) >= 11 is 0. The third-order valence-corrected chi connectivity index (χ3v) is 3.39. The van der Waals surface area contributed by atoms with Gasteiger partial charge in [0, 0.05) is 17.6 Å². The smallest absolute Gasteiger partial charge is 0.211 e. The summed E-state index contributed by atoms with van der Waals surface area (Å²) in [7, 11) is 0. The lowest BCUT2D eigenvalue weighted by Gasteiger charge is -2.35. The fraction of sp³-hybridized carbons (Fsp3) is 0.462. The van der Waals surface area contributed by atoms with E-state index < -0.39 is 0 Å². The van der Waals surface area contributed by atoms with Crippen LogP contribution in [0.15, 0.2) is 24.3 Å². The van der Waals surface area contributed by atoms with Crippen molar-refractivity contribution in [1.29, 1.82) is 0 Å². The second kappa shape index (κ2) is 4.66. The Morgan fingerprint density at radius 2 is 2.25 bits per heavy atom. The molecule has 1 amide bonds. The van der Waals surface area contributed by atoms with Crippen molar-refractivity contribution in [3.05, 3.63) is 29.8 Å². The van der Waals surface area contributed by atoms with Crippen molar-refractivity contribution in [3.8, 4) is 0 Å². The molecule has 1 aliphatic heterocycles. The summed E-state index contributed by atoms with van der Waals surface area (Å²) in [5.74, 6) is 0. The number of rotatable bonds is 3. The van der Waals surface area contributed by atoms with Crippen LogP contribution in [0, 0.1) is 0 Å². The maximum atomic E-state index is 10.6. The molecule has 0 aliphatic carbocycles. The lowest BCUT2D eigenvalue weighted by molar-refractivity contribution is -0.105. The summed E-state index contributed by atoms with van der Waals surface area (Å²) in [5, 5.41) is 6.22. The van der Waals surface area contributed by atoms with Gasteiger partial charge in [0.05, 0.1) is 0 Å². The number of anilines is 1. The number of nitrogens with one attached hydrogen (secondary N) is 2. The number of piperidine rings is 1. The van der Waals surface area contributed by atoms with Crippen molar-refractivity contribution < 1.29 is 4.79 Å². The quantitative estimate of drug-likeness (QED) is 0.761. The Morgan fingerprint density at radius 3 is 2.94 bits per heavy atom. The van der Waals surface area contributed by atoms with E-state index in [-0.39, 0.29) is 5.41 Å². The zero-order chi connectivity index (χ0) is 11.4. The summed E-state index contributed by atoms with van der Waals surface area (Å²) in [6.45, 7) is 4.33. The predicted molar refractivity (Wildman–Crippen MR) is 65.6 cm³/mol. The molecule has 1 aliphatic rings. The summed E-state index contributed by atoms with van der Waals surface area (Å²) in [4.78, 5) is 10.6. The van der Waals surface area contributed by atoms with Crippen LogP contribution in [0.5, 0.6) is 0 Å². The average molecular weight is 218 g/mol. The number of benzene rings is 1. The van der Waals surface area contributed by atoms with Crippen molar-refractivity contribution in [1.82, 2.24) is 5.32 Å². The van der Waals surface area contributed by atoms with Gasteiger partial charge in [0.15, 0.2) is 0 Å². The molecule has 1 aromatic carbocycles. The molecule has 1 saturated heterocycles. The highest BCUT2D eigenvalue weighted by Gasteiger charge is 2.30. The van der Waals surface area contributed by atoms with Gasteiger partial charge in [0.2, 0.25) is 6.41 Å². The zero-order valence-electron chi connectivity index (χ0n) is 9.62. The highest BCUT2D eigenvalue weighted by Crippen LogP contribution is 2.35. The minimum Gasteiger partial charge on any atom is -0.328 e. The molecule has 1 unspecified atom stereocenters. The van der Waals surface area contributed by atoms with Gasteiger partial charge in [-0.1, -0.05) is 25.1 Å². The second-order valence-corrected chi connectivity index (χ2v) is 4.65. The van der Waals surface area contributed by atoms with Crippen molar-refractivity contribution in [2.24, 2.45) is 0 Å². The Labute approximate surface area is 96.2 Å². The second-order valence-electron chi connectivity index (χ2n) is 4.65. The Kier molecular flexibility index (Phi) is 3.25. The standard InChI is InChI=1S/C13H18N2O/c1-13(7-4-8-14-9-13)11-5-2-3-6-12(11)15-10-16/h2-3,5-6,10,14H,4,7-9H2,1H3,(H,15,16). The molecule has 2 N–H and O–H groups in total. The number of para-hydroxylation sites is 1. The molecule has 0 radical (unpaired) electrons. The molecule has 0 saturated carbocycles. The lowest BCUT2D eigenvalue weighted by Crippen LogP contribution is -2.41. The Balaban J connectivity index is 2.33. The molecular formula is C13H18N2O. The molecule has 3 heteroatoms. The predicted octanol–water partition coefficient (Wildman–Crippen LogP) is 1.90. The van der Waals surface area contributed by atoms with Crippen molar-refractivity contribution in [3.63, 3.8) is 0 Å². The number of carbonyl (C=O) groups excluding carboxylic acids is 1. The van der Waals surface area contributed by atoms with Crippen LogP contribution < -0.4 is 10.6 Å². The van der Waals surface area contributed by atoms with E-state index in [1.807, 2.05) is 18.2 Å². The van der Waals surface area contributed by atoms with Gasteiger partial charge >= 0.3 is 0 Å². The van der Waals surface area contributed by atoms with E-state index in [2.05, 4.69) is 23.6 Å². The number of amides is 1. The van der Waals surface area contributed by atoms with E-state index in [1.165, 1.54) is 12.0 Å². The topological polar surface area (TPSA) is 41.1 Å². The number of hydrogen-bond donors (Lipinski definition) is 2. The van der Waals surface area contributed by atoms with Gasteiger partial charge in [-0.2, -0.15) is 0 Å². The molecule has 0 bridgehead atoms. The third-order valence-electron chi connectivity index (χ3n) is 3.39. The summed E-state index contributed by atoms with van der Waals surface area (Å²) in [5.41, 5.74) is 2.29. The summed E-state index contributed by atoms with van der Waals surface area (Å²) in [6.07, 6.45) is 3.10. The van der Waals surface area contributed by atoms with Gasteiger partial charge in [0.25, 0.3) is 0 Å². The van der Waals surface area contributed by atoms with Crippen molar-refractivity contribution in [2.75, 3.05) is 18.4 Å². The van der Waals surface area contributed by atoms with Crippen molar-refractivity contribution in [2.45, 2.75) is 25.2 Å². The minimum absolute atomic E-state index is 0.130. The molecule has 0 aromatic heterocycles. The van der Waals surface area contributed by atoms with Gasteiger partial charge in [-0.15, -0.1) is 0 Å². The molecule has 1 atom stereocenters. The molecule has 1 fully saturated rings. The fourth-order valence-corrected chi connectivity index (χ4v) is 2.48. The van der Waals surface area contributed by atoms with Gasteiger partial charge < -0.3 is 10.6 Å². The molecule has 16 heavy (non-hydrogen) atoms. The Morgan fingerprint density at radius 1 is 1.44 bits per heavy atom. The van der Waals surface area contributed by atoms with Crippen LogP contribution in [0.4, 0.5) is 5.69 Å². The van der Waals surface area contributed by atoms with Crippen LogP contribution in [0.1, 0.15) is 25.3 Å². The van der Waals surface area contributed by atoms with Gasteiger partial charge in [-0.05, 0) is 31.0 Å². The van der Waals surface area contributed by atoms with Crippen LogP contribution in [0.2, 0.25) is 0 Å². The van der Waals surface area contributed by atoms with E-state index in [4.69, 9.17) is 0 Å². The highest BCUT2D eigenvalue weighted by atomic mass is 16.1. The van der Waals surface area contributed by atoms with Crippen LogP contribution in [-0.4, -0.2) is 19.5 Å². The van der Waals surface area contributed by atoms with E-state index in [9.17, 15) is 4.79 Å². The first-order valence-corrected chi connectivity index (χ1v) is 5.77. The third kappa shape index (κ3) is 2.09. The first-order chi connectivity index (χ1) is 7.76. The van der Waals surface area contributed by atoms with Crippen molar-refractivity contribution >= 4 is 12.1 Å². The fourth-order valence-electron chi connectivity index (χ4n) is 2.48. The Bertz CT molecular complexity index is 370. The van der Waals surface area contributed by atoms with Crippen LogP contribution in [0.25, 0.3) is 0 Å². The average Bonchev–Trinajstić information content (AvgIpc) is 2.31. The lowest BCUT2D eigenvalue weighted by atomic mass is 9.76.